The molecule has 1 amide bonds. The van der Waals surface area contributed by atoms with Gasteiger partial charge in [0.05, 0.1) is 0 Å². The van der Waals surface area contributed by atoms with Gasteiger partial charge in [0.1, 0.15) is 0 Å². The number of anilines is 1. The van der Waals surface area contributed by atoms with Crippen LogP contribution in [0.5, 0.6) is 0 Å². The molecule has 1 aliphatic heterocycles. The first-order valence-electron chi connectivity index (χ1n) is 8.75. The van der Waals surface area contributed by atoms with E-state index in [1.807, 2.05) is 24.3 Å². The van der Waals surface area contributed by atoms with Crippen LogP contribution in [0, 0.1) is 0 Å². The van der Waals surface area contributed by atoms with Crippen LogP contribution in [0.15, 0.2) is 28.8 Å². The normalized spacial score (nSPS) is 17.2. The van der Waals surface area contributed by atoms with Crippen molar-refractivity contribution in [2.24, 2.45) is 0 Å². The predicted octanol–water partition coefficient (Wildman–Crippen LogP) is 2.52. The van der Waals surface area contributed by atoms with Crippen LogP contribution in [-0.4, -0.2) is 35.7 Å². The first-order chi connectivity index (χ1) is 11.8. The number of benzene rings is 1. The van der Waals surface area contributed by atoms with Gasteiger partial charge < -0.3 is 14.7 Å². The number of hydrogen-bond acceptors (Lipinski definition) is 5. The molecule has 1 saturated carbocycles. The molecule has 1 aromatic heterocycles. The Labute approximate surface area is 141 Å². The largest absolute Gasteiger partial charge is 0.372 e. The van der Waals surface area contributed by atoms with Crippen molar-refractivity contribution in [2.75, 3.05) is 24.5 Å². The van der Waals surface area contributed by atoms with E-state index in [-0.39, 0.29) is 5.91 Å². The molecule has 1 saturated heterocycles. The van der Waals surface area contributed by atoms with Crippen LogP contribution in [0.4, 0.5) is 5.69 Å². The molecule has 2 heterocycles. The van der Waals surface area contributed by atoms with E-state index in [9.17, 15) is 4.79 Å². The lowest BCUT2D eigenvalue weighted by molar-refractivity contribution is 0.0953. The smallest absolute Gasteiger partial charge is 0.251 e. The maximum absolute atomic E-state index is 12.2. The van der Waals surface area contributed by atoms with Crippen molar-refractivity contribution in [2.45, 2.75) is 38.0 Å². The number of nitrogens with zero attached hydrogens (tertiary/aromatic N) is 3. The number of carbonyl (C=O) groups excluding carboxylic acids is 1. The molecule has 1 aromatic carbocycles. The van der Waals surface area contributed by atoms with Crippen molar-refractivity contribution in [1.29, 1.82) is 0 Å². The maximum atomic E-state index is 12.2. The third-order valence-electron chi connectivity index (χ3n) is 4.65. The Bertz CT molecular complexity index is 700. The summed E-state index contributed by atoms with van der Waals surface area (Å²) in [6.45, 7) is 2.72. The van der Waals surface area contributed by atoms with E-state index in [1.54, 1.807) is 0 Å². The molecule has 0 atom stereocenters. The van der Waals surface area contributed by atoms with Gasteiger partial charge in [-0.05, 0) is 49.9 Å². The van der Waals surface area contributed by atoms with Gasteiger partial charge in [0.25, 0.3) is 5.91 Å². The average molecular weight is 326 g/mol. The lowest BCUT2D eigenvalue weighted by Crippen LogP contribution is -2.26. The number of nitrogens with one attached hydrogen (secondary N) is 1. The summed E-state index contributed by atoms with van der Waals surface area (Å²) in [6, 6.07) is 7.84. The number of hydrogen-bond donors (Lipinski definition) is 1. The predicted molar refractivity (Wildman–Crippen MR) is 90.2 cm³/mol. The summed E-state index contributed by atoms with van der Waals surface area (Å²) in [5.41, 5.74) is 1.88. The van der Waals surface area contributed by atoms with Crippen LogP contribution in [0.1, 0.15) is 53.7 Å². The summed E-state index contributed by atoms with van der Waals surface area (Å²) >= 11 is 0. The fourth-order valence-electron chi connectivity index (χ4n) is 3.06. The molecule has 4 rings (SSSR count). The lowest BCUT2D eigenvalue weighted by atomic mass is 10.2. The van der Waals surface area contributed by atoms with Gasteiger partial charge in [-0.2, -0.15) is 4.98 Å². The highest BCUT2D eigenvalue weighted by molar-refractivity contribution is 5.94. The molecular weight excluding hydrogens is 304 g/mol. The molecule has 126 valence electrons. The molecule has 24 heavy (non-hydrogen) atoms. The number of amides is 1. The molecular formula is C18H22N4O2. The molecule has 0 radical (unpaired) electrons. The minimum absolute atomic E-state index is 0.0649. The van der Waals surface area contributed by atoms with E-state index >= 15 is 0 Å². The van der Waals surface area contributed by atoms with Gasteiger partial charge in [0.2, 0.25) is 5.89 Å². The van der Waals surface area contributed by atoms with E-state index in [0.29, 0.717) is 30.3 Å². The second kappa shape index (κ2) is 6.63. The molecule has 0 bridgehead atoms. The average Bonchev–Trinajstić information content (AvgIpc) is 3.12. The van der Waals surface area contributed by atoms with Gasteiger partial charge in [-0.25, -0.2) is 0 Å². The summed E-state index contributed by atoms with van der Waals surface area (Å²) in [5.74, 6) is 1.84. The first-order valence-corrected chi connectivity index (χ1v) is 8.75. The minimum Gasteiger partial charge on any atom is -0.372 e. The quantitative estimate of drug-likeness (QED) is 0.883. The zero-order valence-electron chi connectivity index (χ0n) is 13.7. The molecule has 2 aromatic rings. The van der Waals surface area contributed by atoms with Crippen molar-refractivity contribution in [1.82, 2.24) is 15.5 Å². The van der Waals surface area contributed by atoms with Gasteiger partial charge in [0.15, 0.2) is 5.82 Å². The SMILES string of the molecule is O=C(NCCc1nc(C2CC2)no1)c1ccc(N2CCCC2)cc1. The molecule has 0 spiro atoms. The van der Waals surface area contributed by atoms with Crippen molar-refractivity contribution in [3.8, 4) is 0 Å². The summed E-state index contributed by atoms with van der Waals surface area (Å²) in [6.07, 6.45) is 5.38. The van der Waals surface area contributed by atoms with Gasteiger partial charge in [-0.15, -0.1) is 0 Å². The van der Waals surface area contributed by atoms with Crippen LogP contribution in [-0.2, 0) is 6.42 Å². The Morgan fingerprint density at radius 2 is 1.96 bits per heavy atom. The summed E-state index contributed by atoms with van der Waals surface area (Å²) in [4.78, 5) is 18.9. The second-order valence-corrected chi connectivity index (χ2v) is 6.57. The van der Waals surface area contributed by atoms with Crippen LogP contribution in [0.25, 0.3) is 0 Å². The summed E-state index contributed by atoms with van der Waals surface area (Å²) < 4.78 is 5.21. The highest BCUT2D eigenvalue weighted by Crippen LogP contribution is 2.38. The van der Waals surface area contributed by atoms with E-state index in [1.165, 1.54) is 18.5 Å². The molecule has 1 aliphatic carbocycles. The third-order valence-corrected chi connectivity index (χ3v) is 4.65. The highest BCUT2D eigenvalue weighted by atomic mass is 16.5. The van der Waals surface area contributed by atoms with E-state index < -0.39 is 0 Å². The molecule has 2 fully saturated rings. The lowest BCUT2D eigenvalue weighted by Gasteiger charge is -2.17. The zero-order chi connectivity index (χ0) is 16.4. The van der Waals surface area contributed by atoms with Crippen LogP contribution in [0.3, 0.4) is 0 Å². The van der Waals surface area contributed by atoms with Gasteiger partial charge >= 0.3 is 0 Å². The molecule has 2 aliphatic rings. The molecule has 6 heteroatoms. The van der Waals surface area contributed by atoms with E-state index in [4.69, 9.17) is 4.52 Å². The Morgan fingerprint density at radius 1 is 1.21 bits per heavy atom. The Kier molecular flexibility index (Phi) is 4.19. The van der Waals surface area contributed by atoms with Gasteiger partial charge in [-0.1, -0.05) is 5.16 Å². The van der Waals surface area contributed by atoms with Gasteiger partial charge in [0, 0.05) is 43.2 Å². The zero-order valence-corrected chi connectivity index (χ0v) is 13.7. The van der Waals surface area contributed by atoms with Crippen molar-refractivity contribution >= 4 is 11.6 Å². The van der Waals surface area contributed by atoms with Crippen LogP contribution in [0.2, 0.25) is 0 Å². The fraction of sp³-hybridized carbons (Fsp3) is 0.500. The maximum Gasteiger partial charge on any atom is 0.251 e. The first kappa shape index (κ1) is 15.2. The Hall–Kier alpha value is -2.37. The van der Waals surface area contributed by atoms with Crippen molar-refractivity contribution in [3.05, 3.63) is 41.5 Å². The standard InChI is InChI=1S/C18H22N4O2/c23-18(14-5-7-15(8-6-14)22-11-1-2-12-22)19-10-9-16-20-17(21-24-16)13-3-4-13/h5-8,13H,1-4,9-12H2,(H,19,23). The van der Waals surface area contributed by atoms with Gasteiger partial charge in [-0.3, -0.25) is 4.79 Å². The second-order valence-electron chi connectivity index (χ2n) is 6.57. The fourth-order valence-corrected chi connectivity index (χ4v) is 3.06. The Balaban J connectivity index is 1.27. The Morgan fingerprint density at radius 3 is 2.67 bits per heavy atom. The highest BCUT2D eigenvalue weighted by Gasteiger charge is 2.28. The van der Waals surface area contributed by atoms with Crippen molar-refractivity contribution < 1.29 is 9.32 Å². The monoisotopic (exact) mass is 326 g/mol. The van der Waals surface area contributed by atoms with Crippen molar-refractivity contribution in [3.63, 3.8) is 0 Å². The van der Waals surface area contributed by atoms with E-state index in [0.717, 1.165) is 31.8 Å². The third kappa shape index (κ3) is 3.42. The van der Waals surface area contributed by atoms with Crippen LogP contribution >= 0.6 is 0 Å². The van der Waals surface area contributed by atoms with Crippen LogP contribution < -0.4 is 10.2 Å². The molecule has 6 nitrogen and oxygen atoms in total. The summed E-state index contributed by atoms with van der Waals surface area (Å²) in [7, 11) is 0. The minimum atomic E-state index is -0.0649. The number of aromatic nitrogens is 2. The van der Waals surface area contributed by atoms with E-state index in [2.05, 4.69) is 20.4 Å². The number of rotatable bonds is 6. The molecule has 1 N–H and O–H groups in total. The molecule has 0 unspecified atom stereocenters. The topological polar surface area (TPSA) is 71.3 Å². The summed E-state index contributed by atoms with van der Waals surface area (Å²) in [5, 5.41) is 6.89. The number of carbonyl (C=O) groups is 1.